The van der Waals surface area contributed by atoms with Gasteiger partial charge < -0.3 is 0 Å². The van der Waals surface area contributed by atoms with E-state index < -0.39 is 45.7 Å². The topological polar surface area (TPSA) is 118 Å². The smallest absolute Gasteiger partial charge is 0.287 e. The number of amides is 3. The SMILES string of the molecule is CC[C@H](C(=O)c1ccccc1)N(C(=O)c1ccc(Cl)cc1)N1C(=O)c2cccc([N+](=O)[O-])c2C1=O. The molecular weight excluding hydrogens is 474 g/mol. The lowest BCUT2D eigenvalue weighted by Crippen LogP contribution is -2.57. The average molecular weight is 492 g/mol. The summed E-state index contributed by atoms with van der Waals surface area (Å²) in [5.41, 5.74) is -0.876. The first kappa shape index (κ1) is 23.8. The molecule has 0 aromatic heterocycles. The summed E-state index contributed by atoms with van der Waals surface area (Å²) in [7, 11) is 0. The normalized spacial score (nSPS) is 13.4. The predicted molar refractivity (Wildman–Crippen MR) is 126 cm³/mol. The third kappa shape index (κ3) is 4.17. The molecular formula is C25H18ClN3O6. The van der Waals surface area contributed by atoms with E-state index in [9.17, 15) is 29.3 Å². The molecule has 0 fully saturated rings. The van der Waals surface area contributed by atoms with Gasteiger partial charge in [0.05, 0.1) is 10.5 Å². The zero-order chi connectivity index (χ0) is 25.3. The number of hydrogen-bond acceptors (Lipinski definition) is 6. The van der Waals surface area contributed by atoms with Crippen LogP contribution < -0.4 is 0 Å². The van der Waals surface area contributed by atoms with Gasteiger partial charge in [-0.1, -0.05) is 54.9 Å². The maximum Gasteiger partial charge on any atom is 0.287 e. The Labute approximate surface area is 204 Å². The highest BCUT2D eigenvalue weighted by atomic mass is 35.5. The zero-order valence-electron chi connectivity index (χ0n) is 18.4. The first-order chi connectivity index (χ1) is 16.8. The average Bonchev–Trinajstić information content (AvgIpc) is 3.12. The Kier molecular flexibility index (Phi) is 6.44. The molecule has 1 aliphatic heterocycles. The van der Waals surface area contributed by atoms with Gasteiger partial charge in [-0.05, 0) is 36.8 Å². The molecule has 0 spiro atoms. The number of hydrazine groups is 1. The Hall–Kier alpha value is -4.37. The number of ketones is 1. The summed E-state index contributed by atoms with van der Waals surface area (Å²) < 4.78 is 0. The summed E-state index contributed by atoms with van der Waals surface area (Å²) in [4.78, 5) is 64.7. The second kappa shape index (κ2) is 9.47. The minimum absolute atomic E-state index is 0.0581. The van der Waals surface area contributed by atoms with Crippen LogP contribution in [-0.4, -0.2) is 44.5 Å². The van der Waals surface area contributed by atoms with Gasteiger partial charge in [0, 0.05) is 22.2 Å². The Balaban J connectivity index is 1.87. The van der Waals surface area contributed by atoms with E-state index in [2.05, 4.69) is 0 Å². The molecule has 0 radical (unpaired) electrons. The first-order valence-corrected chi connectivity index (χ1v) is 11.0. The second-order valence-electron chi connectivity index (χ2n) is 7.69. The molecule has 0 aliphatic carbocycles. The molecule has 0 unspecified atom stereocenters. The van der Waals surface area contributed by atoms with Crippen LogP contribution in [0.3, 0.4) is 0 Å². The molecule has 4 rings (SSSR count). The number of imide groups is 1. The zero-order valence-corrected chi connectivity index (χ0v) is 19.1. The number of rotatable bonds is 7. The number of carbonyl (C=O) groups is 4. The van der Waals surface area contributed by atoms with Crippen molar-refractivity contribution in [3.63, 3.8) is 0 Å². The maximum atomic E-state index is 13.7. The summed E-state index contributed by atoms with van der Waals surface area (Å²) in [6.07, 6.45) is 0.0581. The number of benzene rings is 3. The van der Waals surface area contributed by atoms with Crippen molar-refractivity contribution in [1.29, 1.82) is 0 Å². The fourth-order valence-corrected chi connectivity index (χ4v) is 4.09. The van der Waals surface area contributed by atoms with Crippen molar-refractivity contribution >= 4 is 40.8 Å². The van der Waals surface area contributed by atoms with Crippen molar-refractivity contribution < 1.29 is 24.1 Å². The largest absolute Gasteiger partial charge is 0.292 e. The van der Waals surface area contributed by atoms with Gasteiger partial charge >= 0.3 is 0 Å². The van der Waals surface area contributed by atoms with Gasteiger partial charge in [-0.3, -0.25) is 29.3 Å². The molecule has 1 atom stereocenters. The Bertz CT molecular complexity index is 1360. The summed E-state index contributed by atoms with van der Waals surface area (Å²) in [6.45, 7) is 1.63. The lowest BCUT2D eigenvalue weighted by Gasteiger charge is -2.35. The number of nitrogens with zero attached hydrogens (tertiary/aromatic N) is 3. The van der Waals surface area contributed by atoms with Crippen LogP contribution in [0.25, 0.3) is 0 Å². The van der Waals surface area contributed by atoms with Crippen LogP contribution >= 0.6 is 11.6 Å². The molecule has 0 bridgehead atoms. The predicted octanol–water partition coefficient (Wildman–Crippen LogP) is 4.56. The fourth-order valence-electron chi connectivity index (χ4n) is 3.96. The quantitative estimate of drug-likeness (QED) is 0.207. The highest BCUT2D eigenvalue weighted by molar-refractivity contribution is 6.30. The monoisotopic (exact) mass is 491 g/mol. The van der Waals surface area contributed by atoms with E-state index in [0.717, 1.165) is 11.1 Å². The molecule has 1 aliphatic rings. The Morgan fingerprint density at radius 3 is 2.20 bits per heavy atom. The molecule has 3 aromatic rings. The molecule has 176 valence electrons. The fraction of sp³-hybridized carbons (Fsp3) is 0.120. The van der Waals surface area contributed by atoms with Gasteiger partial charge in [0.2, 0.25) is 0 Å². The van der Waals surface area contributed by atoms with Gasteiger partial charge in [-0.2, -0.15) is 5.01 Å². The molecule has 3 amide bonds. The number of nitro benzene ring substituents is 1. The minimum atomic E-state index is -1.25. The number of carbonyl (C=O) groups excluding carboxylic acids is 4. The molecule has 0 saturated heterocycles. The molecule has 1 heterocycles. The van der Waals surface area contributed by atoms with E-state index in [-0.39, 0.29) is 23.1 Å². The second-order valence-corrected chi connectivity index (χ2v) is 8.13. The van der Waals surface area contributed by atoms with Crippen LogP contribution in [0.15, 0.2) is 72.8 Å². The first-order valence-electron chi connectivity index (χ1n) is 10.6. The van der Waals surface area contributed by atoms with Crippen LogP contribution in [0.2, 0.25) is 5.02 Å². The van der Waals surface area contributed by atoms with Gasteiger partial charge in [-0.25, -0.2) is 5.01 Å². The highest BCUT2D eigenvalue weighted by Gasteiger charge is 2.48. The van der Waals surface area contributed by atoms with Crippen molar-refractivity contribution in [3.05, 3.63) is 110 Å². The van der Waals surface area contributed by atoms with Crippen LogP contribution in [0.1, 0.15) is 54.8 Å². The summed E-state index contributed by atoms with van der Waals surface area (Å²) in [5, 5.41) is 13.2. The number of halogens is 1. The number of Topliss-reactive ketones (excluding diaryl/α,β-unsaturated/α-hetero) is 1. The van der Waals surface area contributed by atoms with E-state index in [4.69, 9.17) is 11.6 Å². The van der Waals surface area contributed by atoms with Crippen molar-refractivity contribution in [2.75, 3.05) is 0 Å². The Morgan fingerprint density at radius 1 is 0.943 bits per heavy atom. The van der Waals surface area contributed by atoms with E-state index >= 15 is 0 Å². The lowest BCUT2D eigenvalue weighted by molar-refractivity contribution is -0.385. The summed E-state index contributed by atoms with van der Waals surface area (Å²) in [6, 6.07) is 16.3. The van der Waals surface area contributed by atoms with Crippen LogP contribution in [-0.2, 0) is 0 Å². The molecule has 9 nitrogen and oxygen atoms in total. The van der Waals surface area contributed by atoms with E-state index in [0.29, 0.717) is 10.0 Å². The maximum absolute atomic E-state index is 13.7. The third-order valence-electron chi connectivity index (χ3n) is 5.63. The van der Waals surface area contributed by atoms with Gasteiger partial charge in [0.1, 0.15) is 11.6 Å². The van der Waals surface area contributed by atoms with E-state index in [1.54, 1.807) is 37.3 Å². The molecule has 3 aromatic carbocycles. The van der Waals surface area contributed by atoms with E-state index in [1.807, 2.05) is 0 Å². The van der Waals surface area contributed by atoms with Gasteiger partial charge in [-0.15, -0.1) is 0 Å². The number of nitro groups is 1. The highest BCUT2D eigenvalue weighted by Crippen LogP contribution is 2.33. The lowest BCUT2D eigenvalue weighted by atomic mass is 10.0. The van der Waals surface area contributed by atoms with Gasteiger partial charge in [0.15, 0.2) is 5.78 Å². The molecule has 0 saturated carbocycles. The number of hydrogen-bond donors (Lipinski definition) is 0. The number of fused-ring (bicyclic) bond motifs is 1. The molecule has 0 N–H and O–H groups in total. The van der Waals surface area contributed by atoms with Crippen molar-refractivity contribution in [3.8, 4) is 0 Å². The summed E-state index contributed by atoms with van der Waals surface area (Å²) in [5.74, 6) is -3.30. The Morgan fingerprint density at radius 2 is 1.60 bits per heavy atom. The van der Waals surface area contributed by atoms with Crippen LogP contribution in [0.4, 0.5) is 5.69 Å². The molecule has 35 heavy (non-hydrogen) atoms. The molecule has 10 heteroatoms. The minimum Gasteiger partial charge on any atom is -0.292 e. The van der Waals surface area contributed by atoms with Crippen LogP contribution in [0.5, 0.6) is 0 Å². The van der Waals surface area contributed by atoms with Crippen molar-refractivity contribution in [2.45, 2.75) is 19.4 Å². The van der Waals surface area contributed by atoms with Crippen molar-refractivity contribution in [2.24, 2.45) is 0 Å². The van der Waals surface area contributed by atoms with Crippen LogP contribution in [0, 0.1) is 10.1 Å². The standard InChI is InChI=1S/C25H18ClN3O6/c1-2-19(22(30)15-7-4-3-5-8-15)27(23(31)16-11-13-17(26)14-12-16)28-24(32)18-9-6-10-20(29(34)35)21(18)25(28)33/h3-14,19H,2H2,1H3/t19-/m1/s1. The van der Waals surface area contributed by atoms with E-state index in [1.165, 1.54) is 36.4 Å². The van der Waals surface area contributed by atoms with Crippen molar-refractivity contribution in [1.82, 2.24) is 10.0 Å². The third-order valence-corrected chi connectivity index (χ3v) is 5.88. The summed E-state index contributed by atoms with van der Waals surface area (Å²) >= 11 is 5.94. The van der Waals surface area contributed by atoms with Gasteiger partial charge in [0.25, 0.3) is 23.4 Å².